The first-order valence-corrected chi connectivity index (χ1v) is 9.66. The summed E-state index contributed by atoms with van der Waals surface area (Å²) in [5.41, 5.74) is 2.33. The van der Waals surface area contributed by atoms with E-state index in [9.17, 15) is 5.11 Å². The maximum atomic E-state index is 10.7. The molecule has 0 atom stereocenters. The van der Waals surface area contributed by atoms with Crippen molar-refractivity contribution in [1.29, 1.82) is 0 Å². The molecule has 136 valence electrons. The zero-order valence-electron chi connectivity index (χ0n) is 15.8. The Morgan fingerprint density at radius 1 is 1.12 bits per heavy atom. The average molecular weight is 341 g/mol. The Hall–Kier alpha value is -1.74. The Kier molecular flexibility index (Phi) is 5.85. The molecule has 1 fully saturated rings. The molecule has 1 aliphatic rings. The smallest absolute Gasteiger partial charge is 0.130 e. The Labute approximate surface area is 151 Å². The molecule has 2 aromatic carbocycles. The van der Waals surface area contributed by atoms with Crippen LogP contribution < -0.4 is 4.74 Å². The molecule has 0 heterocycles. The monoisotopic (exact) mass is 341 g/mol. The number of ether oxygens (including phenoxy) is 1. The van der Waals surface area contributed by atoms with E-state index in [4.69, 9.17) is 4.74 Å². The van der Waals surface area contributed by atoms with Crippen molar-refractivity contribution >= 4 is 10.8 Å². The van der Waals surface area contributed by atoms with Gasteiger partial charge in [-0.15, -0.1) is 0 Å². The summed E-state index contributed by atoms with van der Waals surface area (Å²) in [7, 11) is 4.10. The van der Waals surface area contributed by atoms with Crippen molar-refractivity contribution in [2.75, 3.05) is 27.2 Å². The Balaban J connectivity index is 1.97. The highest BCUT2D eigenvalue weighted by atomic mass is 16.5. The number of aryl methyl sites for hydroxylation is 1. The lowest BCUT2D eigenvalue weighted by Gasteiger charge is -2.24. The van der Waals surface area contributed by atoms with Gasteiger partial charge in [-0.05, 0) is 67.9 Å². The molecule has 0 aliphatic heterocycles. The minimum atomic E-state index is 0.435. The minimum absolute atomic E-state index is 0.435. The van der Waals surface area contributed by atoms with Crippen LogP contribution in [0.25, 0.3) is 10.8 Å². The van der Waals surface area contributed by atoms with Gasteiger partial charge >= 0.3 is 0 Å². The number of rotatable bonds is 6. The number of nitrogens with zero attached hydrogens (tertiary/aromatic N) is 1. The van der Waals surface area contributed by atoms with Crippen molar-refractivity contribution in [1.82, 2.24) is 4.90 Å². The molecule has 0 spiro atoms. The van der Waals surface area contributed by atoms with Gasteiger partial charge in [-0.1, -0.05) is 38.3 Å². The first-order chi connectivity index (χ1) is 12.1. The van der Waals surface area contributed by atoms with Crippen LogP contribution in [0.15, 0.2) is 24.3 Å². The number of hydrogen-bond acceptors (Lipinski definition) is 3. The first kappa shape index (κ1) is 18.1. The molecule has 0 radical (unpaired) electrons. The molecule has 1 aliphatic carbocycles. The fourth-order valence-corrected chi connectivity index (χ4v) is 3.92. The summed E-state index contributed by atoms with van der Waals surface area (Å²) < 4.78 is 6.14. The Morgan fingerprint density at radius 2 is 1.88 bits per heavy atom. The zero-order chi connectivity index (χ0) is 17.8. The summed E-state index contributed by atoms with van der Waals surface area (Å²) in [5, 5.41) is 12.9. The molecule has 3 heteroatoms. The lowest BCUT2D eigenvalue weighted by atomic mass is 9.83. The molecule has 3 nitrogen and oxygen atoms in total. The summed E-state index contributed by atoms with van der Waals surface area (Å²) in [5.74, 6) is 1.87. The normalized spacial score (nSPS) is 15.8. The van der Waals surface area contributed by atoms with Crippen LogP contribution in [0.2, 0.25) is 0 Å². The van der Waals surface area contributed by atoms with Crippen molar-refractivity contribution in [3.63, 3.8) is 0 Å². The molecule has 1 N–H and O–H groups in total. The highest BCUT2D eigenvalue weighted by molar-refractivity contribution is 5.91. The van der Waals surface area contributed by atoms with Crippen molar-refractivity contribution in [2.45, 2.75) is 51.4 Å². The van der Waals surface area contributed by atoms with Crippen molar-refractivity contribution in [2.24, 2.45) is 0 Å². The van der Waals surface area contributed by atoms with E-state index in [1.807, 2.05) is 6.07 Å². The van der Waals surface area contributed by atoms with Gasteiger partial charge in [-0.2, -0.15) is 0 Å². The van der Waals surface area contributed by atoms with Crippen molar-refractivity contribution < 1.29 is 9.84 Å². The van der Waals surface area contributed by atoms with Gasteiger partial charge in [-0.3, -0.25) is 0 Å². The lowest BCUT2D eigenvalue weighted by Crippen LogP contribution is -2.19. The summed E-state index contributed by atoms with van der Waals surface area (Å²) in [6, 6.07) is 8.48. The van der Waals surface area contributed by atoms with E-state index in [-0.39, 0.29) is 0 Å². The molecule has 1 saturated carbocycles. The Morgan fingerprint density at radius 3 is 2.56 bits per heavy atom. The number of phenolic OH excluding ortho intramolecular Hbond substituents is 1. The molecule has 3 rings (SSSR count). The average Bonchev–Trinajstić information content (AvgIpc) is 2.62. The minimum Gasteiger partial charge on any atom is -0.508 e. The van der Waals surface area contributed by atoms with Gasteiger partial charge in [0.2, 0.25) is 0 Å². The third kappa shape index (κ3) is 4.09. The maximum Gasteiger partial charge on any atom is 0.130 e. The quantitative estimate of drug-likeness (QED) is 0.794. The Bertz CT molecular complexity index is 718. The standard InChI is InChI=1S/C22H31NO2/c1-4-16-10-11-18-14-19(17-8-6-5-7-9-17)21(24)15-20(18)22(16)25-13-12-23(2)3/h10-11,14-15,17,24H,4-9,12-13H2,1-3H3. The number of likely N-dealkylation sites (N-methyl/N-ethyl adjacent to an activating group) is 1. The van der Waals surface area contributed by atoms with E-state index >= 15 is 0 Å². The molecular formula is C22H31NO2. The predicted molar refractivity (Wildman–Crippen MR) is 105 cm³/mol. The second-order valence-corrected chi connectivity index (χ2v) is 7.53. The van der Waals surface area contributed by atoms with Crippen LogP contribution in [0.1, 0.15) is 56.1 Å². The van der Waals surface area contributed by atoms with E-state index in [0.29, 0.717) is 18.3 Å². The topological polar surface area (TPSA) is 32.7 Å². The van der Waals surface area contributed by atoms with E-state index < -0.39 is 0 Å². The van der Waals surface area contributed by atoms with Crippen LogP contribution >= 0.6 is 0 Å². The third-order valence-electron chi connectivity index (χ3n) is 5.41. The largest absolute Gasteiger partial charge is 0.508 e. The lowest BCUT2D eigenvalue weighted by molar-refractivity contribution is 0.262. The SMILES string of the molecule is CCc1ccc2cc(C3CCCCC3)c(O)cc2c1OCCN(C)C. The summed E-state index contributed by atoms with van der Waals surface area (Å²) in [6.45, 7) is 3.69. The second kappa shape index (κ2) is 8.09. The number of fused-ring (bicyclic) bond motifs is 1. The predicted octanol–water partition coefficient (Wildman–Crippen LogP) is 5.10. The van der Waals surface area contributed by atoms with E-state index in [1.165, 1.54) is 43.1 Å². The van der Waals surface area contributed by atoms with Gasteiger partial charge in [0.25, 0.3) is 0 Å². The van der Waals surface area contributed by atoms with Crippen LogP contribution in [0.5, 0.6) is 11.5 Å². The van der Waals surface area contributed by atoms with Crippen LogP contribution in [-0.4, -0.2) is 37.3 Å². The van der Waals surface area contributed by atoms with Gasteiger partial charge in [-0.25, -0.2) is 0 Å². The number of phenols is 1. The van der Waals surface area contributed by atoms with E-state index in [0.717, 1.165) is 29.7 Å². The van der Waals surface area contributed by atoms with E-state index in [1.54, 1.807) is 0 Å². The number of benzene rings is 2. The van der Waals surface area contributed by atoms with Gasteiger partial charge < -0.3 is 14.7 Å². The van der Waals surface area contributed by atoms with Crippen LogP contribution in [0.3, 0.4) is 0 Å². The highest BCUT2D eigenvalue weighted by Crippen LogP contribution is 2.41. The molecule has 0 aromatic heterocycles. The fraction of sp³-hybridized carbons (Fsp3) is 0.545. The van der Waals surface area contributed by atoms with Crippen molar-refractivity contribution in [3.8, 4) is 11.5 Å². The molecule has 0 saturated heterocycles. The molecular weight excluding hydrogens is 310 g/mol. The molecule has 0 unspecified atom stereocenters. The van der Waals surface area contributed by atoms with Gasteiger partial charge in [0.05, 0.1) is 0 Å². The molecule has 25 heavy (non-hydrogen) atoms. The fourth-order valence-electron chi connectivity index (χ4n) is 3.92. The zero-order valence-corrected chi connectivity index (χ0v) is 15.8. The molecule has 0 bridgehead atoms. The van der Waals surface area contributed by atoms with E-state index in [2.05, 4.69) is 44.1 Å². The first-order valence-electron chi connectivity index (χ1n) is 9.66. The number of hydrogen-bond donors (Lipinski definition) is 1. The van der Waals surface area contributed by atoms with Gasteiger partial charge in [0.1, 0.15) is 18.1 Å². The number of aromatic hydroxyl groups is 1. The summed E-state index contributed by atoms with van der Waals surface area (Å²) in [4.78, 5) is 2.12. The van der Waals surface area contributed by atoms with Crippen LogP contribution in [0.4, 0.5) is 0 Å². The van der Waals surface area contributed by atoms with Crippen LogP contribution in [0, 0.1) is 0 Å². The maximum absolute atomic E-state index is 10.7. The third-order valence-corrected chi connectivity index (χ3v) is 5.41. The van der Waals surface area contributed by atoms with Gasteiger partial charge in [0, 0.05) is 11.9 Å². The highest BCUT2D eigenvalue weighted by Gasteiger charge is 2.20. The summed E-state index contributed by atoms with van der Waals surface area (Å²) >= 11 is 0. The second-order valence-electron chi connectivity index (χ2n) is 7.53. The van der Waals surface area contributed by atoms with Crippen molar-refractivity contribution in [3.05, 3.63) is 35.4 Å². The van der Waals surface area contributed by atoms with Crippen LogP contribution in [-0.2, 0) is 6.42 Å². The summed E-state index contributed by atoms with van der Waals surface area (Å²) in [6.07, 6.45) is 7.19. The molecule has 2 aromatic rings. The molecule has 0 amide bonds. The van der Waals surface area contributed by atoms with Gasteiger partial charge in [0.15, 0.2) is 0 Å².